The molecular formula is C13H22ClN3O3. The van der Waals surface area contributed by atoms with Gasteiger partial charge in [0.15, 0.2) is 11.5 Å². The summed E-state index contributed by atoms with van der Waals surface area (Å²) in [5.74, 6) is 0.449. The maximum absolute atomic E-state index is 12.3. The molecule has 1 amide bonds. The summed E-state index contributed by atoms with van der Waals surface area (Å²) in [5, 5.41) is 3.80. The van der Waals surface area contributed by atoms with E-state index in [0.717, 1.165) is 6.42 Å². The van der Waals surface area contributed by atoms with E-state index in [4.69, 9.17) is 15.0 Å². The van der Waals surface area contributed by atoms with Crippen molar-refractivity contribution in [2.24, 2.45) is 11.1 Å². The predicted octanol–water partition coefficient (Wildman–Crippen LogP) is 1.44. The number of nitrogens with zero attached hydrogens (tertiary/aromatic N) is 2. The van der Waals surface area contributed by atoms with Crippen LogP contribution in [0.2, 0.25) is 0 Å². The third kappa shape index (κ3) is 3.50. The van der Waals surface area contributed by atoms with Crippen molar-refractivity contribution >= 4 is 18.3 Å². The van der Waals surface area contributed by atoms with Crippen LogP contribution in [0.15, 0.2) is 10.6 Å². The smallest absolute Gasteiger partial charge is 0.276 e. The summed E-state index contributed by atoms with van der Waals surface area (Å²) in [7, 11) is 1.57. The van der Waals surface area contributed by atoms with E-state index in [-0.39, 0.29) is 29.8 Å². The van der Waals surface area contributed by atoms with Crippen molar-refractivity contribution in [3.8, 4) is 0 Å². The summed E-state index contributed by atoms with van der Waals surface area (Å²) < 4.78 is 9.98. The number of aromatic nitrogens is 1. The minimum Gasteiger partial charge on any atom is -0.377 e. The molecule has 2 heterocycles. The van der Waals surface area contributed by atoms with Gasteiger partial charge in [-0.05, 0) is 11.8 Å². The van der Waals surface area contributed by atoms with E-state index in [9.17, 15) is 4.79 Å². The third-order valence-corrected chi connectivity index (χ3v) is 3.66. The van der Waals surface area contributed by atoms with Crippen LogP contribution in [-0.4, -0.2) is 42.2 Å². The fraction of sp³-hybridized carbons (Fsp3) is 0.692. The SMILES string of the molecule is COCc1cc(C(=O)N2CCC(N)C(C)(C)C2)no1.Cl. The number of hydrogen-bond donors (Lipinski definition) is 1. The van der Waals surface area contributed by atoms with Gasteiger partial charge in [0.05, 0.1) is 0 Å². The van der Waals surface area contributed by atoms with E-state index in [1.165, 1.54) is 0 Å². The molecule has 1 saturated heterocycles. The second-order valence-electron chi connectivity index (χ2n) is 5.72. The fourth-order valence-corrected chi connectivity index (χ4v) is 2.33. The molecule has 1 aromatic heterocycles. The summed E-state index contributed by atoms with van der Waals surface area (Å²) in [6.45, 7) is 5.78. The standard InChI is InChI=1S/C13H21N3O3.ClH/c1-13(2)8-16(5-4-11(13)14)12(17)10-6-9(7-18-3)19-15-10;/h6,11H,4-5,7-8,14H2,1-3H3;1H. The molecular weight excluding hydrogens is 282 g/mol. The van der Waals surface area contributed by atoms with E-state index in [1.807, 2.05) is 0 Å². The molecule has 7 heteroatoms. The molecule has 0 bridgehead atoms. The van der Waals surface area contributed by atoms with Crippen LogP contribution in [0.1, 0.15) is 36.5 Å². The quantitative estimate of drug-likeness (QED) is 0.914. The largest absolute Gasteiger partial charge is 0.377 e. The van der Waals surface area contributed by atoms with Gasteiger partial charge in [0.2, 0.25) is 0 Å². The molecule has 114 valence electrons. The Hall–Kier alpha value is -1.11. The Morgan fingerprint density at radius 2 is 2.35 bits per heavy atom. The van der Waals surface area contributed by atoms with Crippen LogP contribution in [0.5, 0.6) is 0 Å². The molecule has 0 aliphatic carbocycles. The molecule has 0 saturated carbocycles. The second-order valence-corrected chi connectivity index (χ2v) is 5.72. The average Bonchev–Trinajstić information content (AvgIpc) is 2.81. The summed E-state index contributed by atoms with van der Waals surface area (Å²) in [5.41, 5.74) is 6.32. The van der Waals surface area contributed by atoms with Gasteiger partial charge in [-0.2, -0.15) is 0 Å². The average molecular weight is 304 g/mol. The third-order valence-electron chi connectivity index (χ3n) is 3.66. The number of ether oxygens (including phenoxy) is 1. The molecule has 2 N–H and O–H groups in total. The van der Waals surface area contributed by atoms with Gasteiger partial charge in [-0.3, -0.25) is 4.79 Å². The first kappa shape index (κ1) is 16.9. The zero-order chi connectivity index (χ0) is 14.0. The van der Waals surface area contributed by atoms with Crippen LogP contribution in [0, 0.1) is 5.41 Å². The highest BCUT2D eigenvalue weighted by atomic mass is 35.5. The first-order valence-electron chi connectivity index (χ1n) is 6.43. The second kappa shape index (κ2) is 6.56. The number of methoxy groups -OCH3 is 1. The van der Waals surface area contributed by atoms with Crippen molar-refractivity contribution in [3.05, 3.63) is 17.5 Å². The highest BCUT2D eigenvalue weighted by molar-refractivity contribution is 5.92. The lowest BCUT2D eigenvalue weighted by Gasteiger charge is -2.42. The Morgan fingerprint density at radius 3 is 2.95 bits per heavy atom. The molecule has 6 nitrogen and oxygen atoms in total. The Kier molecular flexibility index (Phi) is 5.56. The minimum absolute atomic E-state index is 0. The van der Waals surface area contributed by atoms with Crippen molar-refractivity contribution in [3.63, 3.8) is 0 Å². The number of piperidine rings is 1. The molecule has 1 aliphatic rings. The van der Waals surface area contributed by atoms with Crippen molar-refractivity contribution < 1.29 is 14.1 Å². The van der Waals surface area contributed by atoms with Gasteiger partial charge in [-0.15, -0.1) is 12.4 Å². The lowest BCUT2D eigenvalue weighted by Crippen LogP contribution is -2.54. The molecule has 1 aromatic rings. The van der Waals surface area contributed by atoms with Crippen molar-refractivity contribution in [2.75, 3.05) is 20.2 Å². The number of hydrogen-bond acceptors (Lipinski definition) is 5. The van der Waals surface area contributed by atoms with E-state index in [1.54, 1.807) is 18.1 Å². The maximum Gasteiger partial charge on any atom is 0.276 e. The molecule has 0 aromatic carbocycles. The Morgan fingerprint density at radius 1 is 1.65 bits per heavy atom. The molecule has 20 heavy (non-hydrogen) atoms. The van der Waals surface area contributed by atoms with Crippen LogP contribution >= 0.6 is 12.4 Å². The highest BCUT2D eigenvalue weighted by Crippen LogP contribution is 2.28. The minimum atomic E-state index is -0.105. The van der Waals surface area contributed by atoms with Crippen LogP contribution in [0.25, 0.3) is 0 Å². The summed E-state index contributed by atoms with van der Waals surface area (Å²) in [4.78, 5) is 14.1. The highest BCUT2D eigenvalue weighted by Gasteiger charge is 2.36. The van der Waals surface area contributed by atoms with Gasteiger partial charge in [0, 0.05) is 32.3 Å². The van der Waals surface area contributed by atoms with E-state index < -0.39 is 0 Å². The maximum atomic E-state index is 12.3. The topological polar surface area (TPSA) is 81.6 Å². The first-order valence-corrected chi connectivity index (χ1v) is 6.43. The zero-order valence-electron chi connectivity index (χ0n) is 12.1. The van der Waals surface area contributed by atoms with Gasteiger partial charge < -0.3 is 19.9 Å². The fourth-order valence-electron chi connectivity index (χ4n) is 2.33. The normalized spacial score (nSPS) is 21.4. The number of halogens is 1. The van der Waals surface area contributed by atoms with Crippen molar-refractivity contribution in [1.29, 1.82) is 0 Å². The Labute approximate surface area is 125 Å². The summed E-state index contributed by atoms with van der Waals surface area (Å²) in [6, 6.07) is 1.76. The lowest BCUT2D eigenvalue weighted by molar-refractivity contribution is 0.0523. The van der Waals surface area contributed by atoms with Crippen LogP contribution in [0.4, 0.5) is 0 Å². The number of carbonyl (C=O) groups is 1. The number of amides is 1. The molecule has 0 radical (unpaired) electrons. The molecule has 1 aliphatic heterocycles. The molecule has 1 unspecified atom stereocenters. The first-order chi connectivity index (χ1) is 8.94. The number of carbonyl (C=O) groups excluding carboxylic acids is 1. The van der Waals surface area contributed by atoms with Crippen molar-refractivity contribution in [1.82, 2.24) is 10.1 Å². The van der Waals surface area contributed by atoms with Gasteiger partial charge in [0.25, 0.3) is 5.91 Å². The van der Waals surface area contributed by atoms with Crippen molar-refractivity contribution in [2.45, 2.75) is 32.9 Å². The summed E-state index contributed by atoms with van der Waals surface area (Å²) >= 11 is 0. The van der Waals surface area contributed by atoms with Gasteiger partial charge in [-0.1, -0.05) is 19.0 Å². The Bertz CT molecular complexity index is 461. The molecule has 1 fully saturated rings. The van der Waals surface area contributed by atoms with Gasteiger partial charge in [0.1, 0.15) is 6.61 Å². The number of nitrogens with two attached hydrogens (primary N) is 1. The van der Waals surface area contributed by atoms with E-state index >= 15 is 0 Å². The Balaban J connectivity index is 0.00000200. The molecule has 2 rings (SSSR count). The number of rotatable bonds is 3. The molecule has 0 spiro atoms. The summed E-state index contributed by atoms with van der Waals surface area (Å²) in [6.07, 6.45) is 0.807. The van der Waals surface area contributed by atoms with Crippen LogP contribution in [-0.2, 0) is 11.3 Å². The lowest BCUT2D eigenvalue weighted by atomic mass is 9.79. The molecule has 1 atom stereocenters. The van der Waals surface area contributed by atoms with Gasteiger partial charge in [-0.25, -0.2) is 0 Å². The van der Waals surface area contributed by atoms with Crippen LogP contribution < -0.4 is 5.73 Å². The van der Waals surface area contributed by atoms with E-state index in [2.05, 4.69) is 19.0 Å². The van der Waals surface area contributed by atoms with Gasteiger partial charge >= 0.3 is 0 Å². The predicted molar refractivity (Wildman–Crippen MR) is 76.7 cm³/mol. The van der Waals surface area contributed by atoms with Crippen LogP contribution in [0.3, 0.4) is 0 Å². The monoisotopic (exact) mass is 303 g/mol. The van der Waals surface area contributed by atoms with E-state index in [0.29, 0.717) is 31.2 Å². The number of likely N-dealkylation sites (tertiary alicyclic amines) is 1. The zero-order valence-corrected chi connectivity index (χ0v) is 12.9.